The fourth-order valence-corrected chi connectivity index (χ4v) is 5.61. The Bertz CT molecular complexity index is 1520. The lowest BCUT2D eigenvalue weighted by molar-refractivity contribution is -0.111. The number of para-hydroxylation sites is 1. The molecule has 7 nitrogen and oxygen atoms in total. The Morgan fingerprint density at radius 2 is 1.70 bits per heavy atom. The summed E-state index contributed by atoms with van der Waals surface area (Å²) in [4.78, 5) is 34.0. The molecule has 1 aliphatic heterocycles. The second-order valence-electron chi connectivity index (χ2n) is 10.8. The number of fused-ring (bicyclic) bond motifs is 1. The number of rotatable bonds is 6. The fraction of sp³-hybridized carbons (Fsp3) is 0.281. The minimum atomic E-state index is -0.483. The first-order valence-electron chi connectivity index (χ1n) is 13.5. The normalized spacial score (nSPS) is 14.5. The molecule has 0 saturated carbocycles. The zero-order chi connectivity index (χ0) is 28.1. The van der Waals surface area contributed by atoms with E-state index in [-0.39, 0.29) is 12.0 Å². The van der Waals surface area contributed by atoms with Crippen LogP contribution in [-0.4, -0.2) is 58.6 Å². The molecule has 1 N–H and O–H groups in total. The molecule has 1 fully saturated rings. The van der Waals surface area contributed by atoms with Gasteiger partial charge in [0.15, 0.2) is 0 Å². The number of amides is 2. The van der Waals surface area contributed by atoms with Gasteiger partial charge < -0.3 is 15.0 Å². The molecule has 0 aliphatic carbocycles. The summed E-state index contributed by atoms with van der Waals surface area (Å²) in [7, 11) is 0. The summed E-state index contributed by atoms with van der Waals surface area (Å²) in [5.41, 5.74) is 4.25. The van der Waals surface area contributed by atoms with Gasteiger partial charge in [-0.1, -0.05) is 48.5 Å². The van der Waals surface area contributed by atoms with Crippen molar-refractivity contribution in [1.29, 1.82) is 0 Å². The number of ether oxygens (including phenoxy) is 1. The van der Waals surface area contributed by atoms with E-state index in [9.17, 15) is 9.59 Å². The predicted octanol–water partition coefficient (Wildman–Crippen LogP) is 6.67. The summed E-state index contributed by atoms with van der Waals surface area (Å²) in [5.74, 6) is -0.188. The number of benzene rings is 3. The number of hydrogen-bond donors (Lipinski definition) is 1. The highest BCUT2D eigenvalue weighted by atomic mass is 32.1. The molecule has 5 rings (SSSR count). The Balaban J connectivity index is 1.24. The number of carbonyl (C=O) groups excluding carboxylic acids is 2. The van der Waals surface area contributed by atoms with Crippen molar-refractivity contribution >= 4 is 45.3 Å². The first-order valence-corrected chi connectivity index (χ1v) is 14.3. The van der Waals surface area contributed by atoms with Gasteiger partial charge in [-0.15, -0.1) is 11.3 Å². The lowest BCUT2D eigenvalue weighted by atomic mass is 10.1. The van der Waals surface area contributed by atoms with Gasteiger partial charge in [0.2, 0.25) is 5.91 Å². The number of nitrogens with zero attached hydrogens (tertiary/aromatic N) is 3. The average Bonchev–Trinajstić information content (AvgIpc) is 3.35. The van der Waals surface area contributed by atoms with Crippen molar-refractivity contribution in [2.75, 3.05) is 31.5 Å². The third-order valence-electron chi connectivity index (χ3n) is 6.53. The Morgan fingerprint density at radius 1 is 0.975 bits per heavy atom. The van der Waals surface area contributed by atoms with Gasteiger partial charge in [-0.05, 0) is 62.2 Å². The monoisotopic (exact) mass is 554 g/mol. The smallest absolute Gasteiger partial charge is 0.410 e. The first-order chi connectivity index (χ1) is 19.2. The van der Waals surface area contributed by atoms with Crippen molar-refractivity contribution in [2.24, 2.45) is 0 Å². The molecule has 40 heavy (non-hydrogen) atoms. The van der Waals surface area contributed by atoms with E-state index < -0.39 is 5.60 Å². The number of piperazine rings is 1. The van der Waals surface area contributed by atoms with Gasteiger partial charge in [0.25, 0.3) is 0 Å². The number of carbonyl (C=O) groups is 2. The number of nitrogens with one attached hydrogen (secondary N) is 1. The van der Waals surface area contributed by atoms with Crippen molar-refractivity contribution in [3.63, 3.8) is 0 Å². The zero-order valence-electron chi connectivity index (χ0n) is 23.1. The van der Waals surface area contributed by atoms with E-state index in [1.807, 2.05) is 75.4 Å². The summed E-state index contributed by atoms with van der Waals surface area (Å²) >= 11 is 1.62. The minimum absolute atomic E-state index is 0.188. The molecule has 0 unspecified atom stereocenters. The Morgan fingerprint density at radius 3 is 2.45 bits per heavy atom. The van der Waals surface area contributed by atoms with Crippen molar-refractivity contribution in [3.8, 4) is 10.6 Å². The molecule has 0 radical (unpaired) electrons. The highest BCUT2D eigenvalue weighted by Gasteiger charge is 2.26. The van der Waals surface area contributed by atoms with Crippen molar-refractivity contribution in [2.45, 2.75) is 32.9 Å². The molecular weight excluding hydrogens is 520 g/mol. The molecule has 0 spiro atoms. The lowest BCUT2D eigenvalue weighted by Gasteiger charge is -2.35. The summed E-state index contributed by atoms with van der Waals surface area (Å²) in [6, 6.07) is 23.9. The van der Waals surface area contributed by atoms with Crippen LogP contribution in [0.1, 0.15) is 31.9 Å². The van der Waals surface area contributed by atoms with Crippen LogP contribution in [0.3, 0.4) is 0 Å². The van der Waals surface area contributed by atoms with Crippen LogP contribution in [0.25, 0.3) is 26.9 Å². The second-order valence-corrected chi connectivity index (χ2v) is 11.9. The standard InChI is InChI=1S/C32H34N4O3S/c1-32(2,3)39-31(38)36-19-17-35(18-20-36)22-24-13-15-27-28(21-24)40-30(34-27)25-11-7-8-12-26(25)33-29(37)16-14-23-9-5-4-6-10-23/h4-16,21H,17-20,22H2,1-3H3,(H,33,37)/b16-14+. The van der Waals surface area contributed by atoms with E-state index in [4.69, 9.17) is 9.72 Å². The van der Waals surface area contributed by atoms with E-state index >= 15 is 0 Å². The van der Waals surface area contributed by atoms with Crippen LogP contribution >= 0.6 is 11.3 Å². The Labute approximate surface area is 239 Å². The highest BCUT2D eigenvalue weighted by molar-refractivity contribution is 7.21. The molecule has 2 heterocycles. The van der Waals surface area contributed by atoms with Gasteiger partial charge in [0.05, 0.1) is 15.9 Å². The van der Waals surface area contributed by atoms with Crippen LogP contribution in [0.15, 0.2) is 78.9 Å². The van der Waals surface area contributed by atoms with E-state index in [2.05, 4.69) is 28.4 Å². The van der Waals surface area contributed by atoms with Gasteiger partial charge >= 0.3 is 6.09 Å². The van der Waals surface area contributed by atoms with Gasteiger partial charge in [-0.25, -0.2) is 9.78 Å². The number of aromatic nitrogens is 1. The van der Waals surface area contributed by atoms with Crippen molar-refractivity contribution in [3.05, 3.63) is 90.0 Å². The highest BCUT2D eigenvalue weighted by Crippen LogP contribution is 2.35. The van der Waals surface area contributed by atoms with Crippen LogP contribution in [0.5, 0.6) is 0 Å². The molecule has 206 valence electrons. The fourth-order valence-electron chi connectivity index (χ4n) is 4.54. The SMILES string of the molecule is CC(C)(C)OC(=O)N1CCN(Cc2ccc3nc(-c4ccccc4NC(=O)/C=C/c4ccccc4)sc3c2)CC1. The summed E-state index contributed by atoms with van der Waals surface area (Å²) < 4.78 is 6.62. The van der Waals surface area contributed by atoms with Crippen molar-refractivity contribution in [1.82, 2.24) is 14.8 Å². The molecule has 8 heteroatoms. The molecule has 1 aliphatic rings. The molecule has 4 aromatic rings. The first kappa shape index (κ1) is 27.6. The van der Waals surface area contributed by atoms with Crippen LogP contribution in [0.4, 0.5) is 10.5 Å². The van der Waals surface area contributed by atoms with E-state index in [1.165, 1.54) is 5.56 Å². The number of anilines is 1. The maximum absolute atomic E-state index is 12.6. The zero-order valence-corrected chi connectivity index (χ0v) is 23.9. The molecule has 3 aromatic carbocycles. The predicted molar refractivity (Wildman–Crippen MR) is 162 cm³/mol. The van der Waals surface area contributed by atoms with Crippen LogP contribution in [-0.2, 0) is 16.1 Å². The van der Waals surface area contributed by atoms with E-state index in [0.29, 0.717) is 13.1 Å². The molecule has 1 aromatic heterocycles. The van der Waals surface area contributed by atoms with Gasteiger partial charge in [-0.2, -0.15) is 0 Å². The molecular formula is C32H34N4O3S. The molecule has 1 saturated heterocycles. The van der Waals surface area contributed by atoms with Gasteiger partial charge in [0.1, 0.15) is 10.6 Å². The summed E-state index contributed by atoms with van der Waals surface area (Å²) in [6.07, 6.45) is 3.10. The maximum atomic E-state index is 12.6. The van der Waals surface area contributed by atoms with E-state index in [1.54, 1.807) is 28.4 Å². The number of thiazole rings is 1. The van der Waals surface area contributed by atoms with E-state index in [0.717, 1.165) is 51.7 Å². The molecule has 2 amide bonds. The van der Waals surface area contributed by atoms with Crippen LogP contribution in [0, 0.1) is 0 Å². The largest absolute Gasteiger partial charge is 0.444 e. The molecule has 0 atom stereocenters. The second kappa shape index (κ2) is 12.0. The van der Waals surface area contributed by atoms with Gasteiger partial charge in [-0.3, -0.25) is 9.69 Å². The lowest BCUT2D eigenvalue weighted by Crippen LogP contribution is -2.49. The maximum Gasteiger partial charge on any atom is 0.410 e. The third-order valence-corrected chi connectivity index (χ3v) is 7.58. The third kappa shape index (κ3) is 7.14. The van der Waals surface area contributed by atoms with Crippen LogP contribution < -0.4 is 5.32 Å². The average molecular weight is 555 g/mol. The summed E-state index contributed by atoms with van der Waals surface area (Å²) in [6.45, 7) is 9.40. The Kier molecular flexibility index (Phi) is 8.28. The quantitative estimate of drug-likeness (QED) is 0.270. The van der Waals surface area contributed by atoms with Gasteiger partial charge in [0, 0.05) is 44.4 Å². The van der Waals surface area contributed by atoms with Crippen LogP contribution in [0.2, 0.25) is 0 Å². The Hall–Kier alpha value is -4.01. The number of hydrogen-bond acceptors (Lipinski definition) is 6. The molecule has 0 bridgehead atoms. The van der Waals surface area contributed by atoms with Crippen molar-refractivity contribution < 1.29 is 14.3 Å². The topological polar surface area (TPSA) is 74.8 Å². The minimum Gasteiger partial charge on any atom is -0.444 e. The summed E-state index contributed by atoms with van der Waals surface area (Å²) in [5, 5.41) is 3.87.